The maximum Gasteiger partial charge on any atom is 0.0248 e. The SMILES string of the molecule is CC[CH]N(CCC)CCC. The van der Waals surface area contributed by atoms with E-state index in [0.717, 1.165) is 0 Å². The van der Waals surface area contributed by atoms with Gasteiger partial charge in [0.15, 0.2) is 0 Å². The van der Waals surface area contributed by atoms with Crippen LogP contribution in [0.3, 0.4) is 0 Å². The molecule has 0 unspecified atom stereocenters. The van der Waals surface area contributed by atoms with Crippen molar-refractivity contribution in [2.75, 3.05) is 13.1 Å². The van der Waals surface area contributed by atoms with Gasteiger partial charge < -0.3 is 0 Å². The topological polar surface area (TPSA) is 3.24 Å². The van der Waals surface area contributed by atoms with E-state index in [-0.39, 0.29) is 0 Å². The molecule has 1 nitrogen and oxygen atoms in total. The van der Waals surface area contributed by atoms with Gasteiger partial charge in [-0.1, -0.05) is 20.8 Å². The average Bonchev–Trinajstić information content (AvgIpc) is 1.90. The molecule has 0 fully saturated rings. The van der Waals surface area contributed by atoms with Gasteiger partial charge >= 0.3 is 0 Å². The minimum Gasteiger partial charge on any atom is -0.299 e. The molecule has 0 saturated carbocycles. The molecule has 0 heterocycles. The molecule has 0 aromatic heterocycles. The van der Waals surface area contributed by atoms with E-state index < -0.39 is 0 Å². The minimum absolute atomic E-state index is 1.17. The van der Waals surface area contributed by atoms with Crippen LogP contribution in [-0.4, -0.2) is 18.0 Å². The van der Waals surface area contributed by atoms with Gasteiger partial charge in [0.1, 0.15) is 0 Å². The summed E-state index contributed by atoms with van der Waals surface area (Å²) < 4.78 is 0. The standard InChI is InChI=1S/C9H20N/c1-4-7-10(8-5-2)9-6-3/h7H,4-6,8-9H2,1-3H3. The fraction of sp³-hybridized carbons (Fsp3) is 0.889. The number of nitrogens with zero attached hydrogens (tertiary/aromatic N) is 1. The predicted octanol–water partition coefficient (Wildman–Crippen LogP) is 2.68. The monoisotopic (exact) mass is 142 g/mol. The molecule has 0 aliphatic carbocycles. The molecule has 0 bridgehead atoms. The summed E-state index contributed by atoms with van der Waals surface area (Å²) in [5.74, 6) is 0. The third-order valence-electron chi connectivity index (χ3n) is 1.46. The molecule has 0 rings (SSSR count). The van der Waals surface area contributed by atoms with Crippen LogP contribution in [0.5, 0.6) is 0 Å². The van der Waals surface area contributed by atoms with Crippen LogP contribution in [0.25, 0.3) is 0 Å². The molecule has 1 radical (unpaired) electrons. The van der Waals surface area contributed by atoms with Crippen LogP contribution in [0.15, 0.2) is 0 Å². The lowest BCUT2D eigenvalue weighted by Crippen LogP contribution is -2.22. The maximum absolute atomic E-state index is 2.42. The van der Waals surface area contributed by atoms with Crippen molar-refractivity contribution in [3.63, 3.8) is 0 Å². The van der Waals surface area contributed by atoms with Gasteiger partial charge in [0.2, 0.25) is 0 Å². The lowest BCUT2D eigenvalue weighted by molar-refractivity contribution is 0.327. The molecule has 0 atom stereocenters. The van der Waals surface area contributed by atoms with Crippen molar-refractivity contribution in [3.05, 3.63) is 6.54 Å². The van der Waals surface area contributed by atoms with Gasteiger partial charge in [-0.25, -0.2) is 0 Å². The molecule has 0 saturated heterocycles. The Morgan fingerprint density at radius 2 is 1.50 bits per heavy atom. The van der Waals surface area contributed by atoms with Crippen molar-refractivity contribution in [2.24, 2.45) is 0 Å². The largest absolute Gasteiger partial charge is 0.299 e. The molecule has 0 aliphatic heterocycles. The Labute approximate surface area is 65.4 Å². The second-order valence-electron chi connectivity index (χ2n) is 2.63. The summed E-state index contributed by atoms with van der Waals surface area (Å²) in [5, 5.41) is 0. The summed E-state index contributed by atoms with van der Waals surface area (Å²) in [6, 6.07) is 0. The molecule has 0 aromatic rings. The lowest BCUT2D eigenvalue weighted by Gasteiger charge is -2.18. The van der Waals surface area contributed by atoms with E-state index in [9.17, 15) is 0 Å². The van der Waals surface area contributed by atoms with Crippen molar-refractivity contribution in [1.29, 1.82) is 0 Å². The summed E-state index contributed by atoms with van der Waals surface area (Å²) in [6.07, 6.45) is 3.69. The van der Waals surface area contributed by atoms with Crippen LogP contribution in [0.2, 0.25) is 0 Å². The fourth-order valence-corrected chi connectivity index (χ4v) is 1.13. The van der Waals surface area contributed by atoms with Crippen molar-refractivity contribution in [3.8, 4) is 0 Å². The summed E-state index contributed by atoms with van der Waals surface area (Å²) in [5.41, 5.74) is 0. The minimum atomic E-state index is 1.17. The second-order valence-corrected chi connectivity index (χ2v) is 2.63. The second kappa shape index (κ2) is 7.07. The highest BCUT2D eigenvalue weighted by Gasteiger charge is 1.98. The smallest absolute Gasteiger partial charge is 0.0248 e. The lowest BCUT2D eigenvalue weighted by atomic mass is 10.3. The molecule has 0 amide bonds. The Balaban J connectivity index is 3.30. The Bertz CT molecular complexity index is 47.5. The molecule has 0 spiro atoms. The van der Waals surface area contributed by atoms with E-state index in [1.165, 1.54) is 32.4 Å². The zero-order valence-corrected chi connectivity index (χ0v) is 7.56. The van der Waals surface area contributed by atoms with Gasteiger partial charge in [0.25, 0.3) is 0 Å². The normalized spacial score (nSPS) is 10.8. The highest BCUT2D eigenvalue weighted by Crippen LogP contribution is 1.99. The van der Waals surface area contributed by atoms with Crippen molar-refractivity contribution in [1.82, 2.24) is 4.90 Å². The van der Waals surface area contributed by atoms with Gasteiger partial charge in [-0.05, 0) is 32.4 Å². The van der Waals surface area contributed by atoms with Gasteiger partial charge in [-0.2, -0.15) is 0 Å². The highest BCUT2D eigenvalue weighted by atomic mass is 15.1. The molecule has 0 aliphatic rings. The van der Waals surface area contributed by atoms with Crippen molar-refractivity contribution < 1.29 is 0 Å². The quantitative estimate of drug-likeness (QED) is 0.551. The third kappa shape index (κ3) is 4.80. The molecule has 0 N–H and O–H groups in total. The summed E-state index contributed by atoms with van der Waals surface area (Å²) >= 11 is 0. The van der Waals surface area contributed by atoms with Gasteiger partial charge in [0.05, 0.1) is 0 Å². The van der Waals surface area contributed by atoms with Crippen LogP contribution in [0.1, 0.15) is 40.0 Å². The Morgan fingerprint density at radius 3 is 1.80 bits per heavy atom. The number of rotatable bonds is 6. The van der Waals surface area contributed by atoms with Crippen molar-refractivity contribution >= 4 is 0 Å². The van der Waals surface area contributed by atoms with Crippen LogP contribution in [0.4, 0.5) is 0 Å². The van der Waals surface area contributed by atoms with Gasteiger partial charge in [-0.3, -0.25) is 4.90 Å². The number of hydrogen-bond donors (Lipinski definition) is 0. The Hall–Kier alpha value is -0.0400. The summed E-state index contributed by atoms with van der Waals surface area (Å²) in [6.45, 7) is 11.4. The summed E-state index contributed by atoms with van der Waals surface area (Å²) in [4.78, 5) is 2.42. The Morgan fingerprint density at radius 1 is 1.00 bits per heavy atom. The predicted molar refractivity (Wildman–Crippen MR) is 46.7 cm³/mol. The van der Waals surface area contributed by atoms with Crippen LogP contribution in [0, 0.1) is 6.54 Å². The first kappa shape index (κ1) is 9.96. The van der Waals surface area contributed by atoms with E-state index in [0.29, 0.717) is 0 Å². The molecular formula is C9H20N. The molecule has 61 valence electrons. The fourth-order valence-electron chi connectivity index (χ4n) is 1.13. The van der Waals surface area contributed by atoms with Crippen molar-refractivity contribution in [2.45, 2.75) is 40.0 Å². The molecule has 10 heavy (non-hydrogen) atoms. The third-order valence-corrected chi connectivity index (χ3v) is 1.46. The number of hydrogen-bond acceptors (Lipinski definition) is 1. The van der Waals surface area contributed by atoms with Gasteiger partial charge in [0, 0.05) is 6.54 Å². The molecule has 1 heteroatoms. The average molecular weight is 142 g/mol. The Kier molecular flexibility index (Phi) is 7.04. The highest BCUT2D eigenvalue weighted by molar-refractivity contribution is 4.65. The first-order valence-electron chi connectivity index (χ1n) is 4.42. The first-order chi connectivity index (χ1) is 4.85. The van der Waals surface area contributed by atoms with Crippen LogP contribution in [-0.2, 0) is 0 Å². The summed E-state index contributed by atoms with van der Waals surface area (Å²) in [7, 11) is 0. The van der Waals surface area contributed by atoms with E-state index in [4.69, 9.17) is 0 Å². The van der Waals surface area contributed by atoms with E-state index >= 15 is 0 Å². The van der Waals surface area contributed by atoms with E-state index in [2.05, 4.69) is 32.2 Å². The maximum atomic E-state index is 2.42. The molecular weight excluding hydrogens is 122 g/mol. The first-order valence-corrected chi connectivity index (χ1v) is 4.42. The van der Waals surface area contributed by atoms with E-state index in [1.807, 2.05) is 0 Å². The van der Waals surface area contributed by atoms with Crippen LogP contribution >= 0.6 is 0 Å². The van der Waals surface area contributed by atoms with Gasteiger partial charge in [-0.15, -0.1) is 0 Å². The zero-order chi connectivity index (χ0) is 7.82. The molecule has 0 aromatic carbocycles. The van der Waals surface area contributed by atoms with Crippen LogP contribution < -0.4 is 0 Å². The van der Waals surface area contributed by atoms with E-state index in [1.54, 1.807) is 0 Å². The zero-order valence-electron chi connectivity index (χ0n) is 7.56.